The highest BCUT2D eigenvalue weighted by molar-refractivity contribution is 7.22. The lowest BCUT2D eigenvalue weighted by atomic mass is 10.2. The number of aromatic nitrogens is 3. The average molecular weight is 300 g/mol. The number of nitrogens with one attached hydrogen (secondary N) is 1. The largest absolute Gasteiger partial charge is 0.300 e. The molecule has 1 N–H and O–H groups in total. The van der Waals surface area contributed by atoms with Crippen LogP contribution >= 0.6 is 11.3 Å². The topological polar surface area (TPSA) is 76.9 Å². The van der Waals surface area contributed by atoms with E-state index in [1.54, 1.807) is 0 Å². The number of carbonyl (C=O) groups is 1. The van der Waals surface area contributed by atoms with E-state index in [4.69, 9.17) is 0 Å². The molecule has 0 fully saturated rings. The summed E-state index contributed by atoms with van der Waals surface area (Å²) in [4.78, 5) is 31.6. The van der Waals surface area contributed by atoms with Gasteiger partial charge in [-0.2, -0.15) is 0 Å². The maximum absolute atomic E-state index is 11.9. The van der Waals surface area contributed by atoms with E-state index < -0.39 is 0 Å². The number of benzene rings is 1. The lowest BCUT2D eigenvalue weighted by Crippen LogP contribution is -2.26. The molecule has 21 heavy (non-hydrogen) atoms. The second-order valence-electron chi connectivity index (χ2n) is 4.58. The summed E-state index contributed by atoms with van der Waals surface area (Å²) in [5.74, 6) is -0.305. The van der Waals surface area contributed by atoms with Crippen LogP contribution in [0.2, 0.25) is 0 Å². The minimum Gasteiger partial charge on any atom is -0.300 e. The minimum atomic E-state index is -0.305. The van der Waals surface area contributed by atoms with Crippen molar-refractivity contribution < 1.29 is 4.79 Å². The van der Waals surface area contributed by atoms with E-state index in [0.717, 1.165) is 15.8 Å². The maximum Gasteiger partial charge on any atom is 0.253 e. The Morgan fingerprint density at radius 3 is 3.05 bits per heavy atom. The summed E-state index contributed by atoms with van der Waals surface area (Å²) >= 11 is 1.41. The van der Waals surface area contributed by atoms with Gasteiger partial charge in [0, 0.05) is 12.3 Å². The number of rotatable bonds is 3. The molecule has 0 atom stereocenters. The van der Waals surface area contributed by atoms with Crippen molar-refractivity contribution in [2.45, 2.75) is 13.5 Å². The van der Waals surface area contributed by atoms with Gasteiger partial charge in [0.2, 0.25) is 5.91 Å². The number of hydrogen-bond acceptors (Lipinski definition) is 5. The van der Waals surface area contributed by atoms with E-state index in [2.05, 4.69) is 15.3 Å². The molecule has 2 aromatic heterocycles. The highest BCUT2D eigenvalue weighted by atomic mass is 32.1. The molecule has 0 aliphatic carbocycles. The number of fused-ring (bicyclic) bond motifs is 1. The van der Waals surface area contributed by atoms with Gasteiger partial charge in [0.25, 0.3) is 5.56 Å². The molecule has 0 aliphatic heterocycles. The van der Waals surface area contributed by atoms with Crippen LogP contribution in [0.1, 0.15) is 5.56 Å². The van der Waals surface area contributed by atoms with Crippen molar-refractivity contribution in [2.24, 2.45) is 0 Å². The van der Waals surface area contributed by atoms with E-state index in [-0.39, 0.29) is 18.0 Å². The van der Waals surface area contributed by atoms with Gasteiger partial charge in [0.05, 0.1) is 16.5 Å². The van der Waals surface area contributed by atoms with E-state index in [9.17, 15) is 9.59 Å². The molecule has 3 aromatic rings. The van der Waals surface area contributed by atoms with E-state index in [0.29, 0.717) is 5.13 Å². The maximum atomic E-state index is 11.9. The third-order valence-electron chi connectivity index (χ3n) is 2.90. The monoisotopic (exact) mass is 300 g/mol. The highest BCUT2D eigenvalue weighted by Crippen LogP contribution is 2.26. The molecule has 2 heterocycles. The normalized spacial score (nSPS) is 10.7. The third-order valence-corrected chi connectivity index (χ3v) is 3.83. The number of thiazole rings is 1. The first kappa shape index (κ1) is 13.4. The van der Waals surface area contributed by atoms with Crippen molar-refractivity contribution in [3.05, 3.63) is 52.7 Å². The first-order valence-corrected chi connectivity index (χ1v) is 7.11. The molecule has 0 saturated carbocycles. The zero-order chi connectivity index (χ0) is 14.8. The van der Waals surface area contributed by atoms with Gasteiger partial charge < -0.3 is 5.32 Å². The second-order valence-corrected chi connectivity index (χ2v) is 5.62. The number of nitrogens with zero attached hydrogens (tertiary/aromatic N) is 3. The number of aryl methyl sites for hydroxylation is 1. The zero-order valence-electron chi connectivity index (χ0n) is 11.2. The molecule has 0 spiro atoms. The molecule has 6 nitrogen and oxygen atoms in total. The first-order valence-electron chi connectivity index (χ1n) is 6.29. The number of anilines is 1. The van der Waals surface area contributed by atoms with Crippen molar-refractivity contribution >= 4 is 32.6 Å². The molecule has 7 heteroatoms. The molecule has 1 aromatic carbocycles. The van der Waals surface area contributed by atoms with Crippen molar-refractivity contribution in [1.82, 2.24) is 14.5 Å². The number of hydrogen-bond donors (Lipinski definition) is 1. The highest BCUT2D eigenvalue weighted by Gasteiger charge is 2.09. The van der Waals surface area contributed by atoms with Gasteiger partial charge in [0.1, 0.15) is 6.54 Å². The molecule has 0 unspecified atom stereocenters. The fourth-order valence-corrected chi connectivity index (χ4v) is 2.88. The predicted octanol–water partition coefficient (Wildman–Crippen LogP) is 1.80. The fourth-order valence-electron chi connectivity index (χ4n) is 1.90. The van der Waals surface area contributed by atoms with Crippen LogP contribution in [0.4, 0.5) is 5.13 Å². The minimum absolute atomic E-state index is 0.0817. The Hall–Kier alpha value is -2.54. The Morgan fingerprint density at radius 2 is 2.24 bits per heavy atom. The van der Waals surface area contributed by atoms with Gasteiger partial charge in [-0.05, 0) is 24.6 Å². The SMILES string of the molecule is Cc1ccc2nc(NC(=O)Cn3cnccc3=O)sc2c1. The van der Waals surface area contributed by atoms with Crippen LogP contribution in [-0.2, 0) is 11.3 Å². The summed E-state index contributed by atoms with van der Waals surface area (Å²) in [6.07, 6.45) is 2.73. The van der Waals surface area contributed by atoms with Crippen LogP contribution in [0.25, 0.3) is 10.2 Å². The van der Waals surface area contributed by atoms with Gasteiger partial charge in [-0.1, -0.05) is 17.4 Å². The molecule has 0 saturated heterocycles. The lowest BCUT2D eigenvalue weighted by Gasteiger charge is -2.03. The fraction of sp³-hybridized carbons (Fsp3) is 0.143. The Bertz CT molecular complexity index is 869. The van der Waals surface area contributed by atoms with Crippen LogP contribution in [0.3, 0.4) is 0 Å². The summed E-state index contributed by atoms with van der Waals surface area (Å²) in [5.41, 5.74) is 1.73. The van der Waals surface area contributed by atoms with E-state index in [1.807, 2.05) is 25.1 Å². The quantitative estimate of drug-likeness (QED) is 0.800. The summed E-state index contributed by atoms with van der Waals surface area (Å²) < 4.78 is 2.26. The van der Waals surface area contributed by atoms with Crippen LogP contribution in [0, 0.1) is 6.92 Å². The van der Waals surface area contributed by atoms with Crippen LogP contribution in [0.5, 0.6) is 0 Å². The van der Waals surface area contributed by atoms with Crippen molar-refractivity contribution in [1.29, 1.82) is 0 Å². The Balaban J connectivity index is 1.77. The second kappa shape index (κ2) is 5.45. The van der Waals surface area contributed by atoms with E-state index >= 15 is 0 Å². The first-order chi connectivity index (χ1) is 10.1. The molecule has 106 valence electrons. The Morgan fingerprint density at radius 1 is 1.38 bits per heavy atom. The zero-order valence-corrected chi connectivity index (χ0v) is 12.1. The van der Waals surface area contributed by atoms with Gasteiger partial charge in [-0.15, -0.1) is 0 Å². The van der Waals surface area contributed by atoms with Crippen molar-refractivity contribution in [3.8, 4) is 0 Å². The third kappa shape index (κ3) is 2.97. The van der Waals surface area contributed by atoms with Gasteiger partial charge in [-0.3, -0.25) is 14.2 Å². The van der Waals surface area contributed by atoms with E-state index in [1.165, 1.54) is 34.5 Å². The Labute approximate surface area is 124 Å². The van der Waals surface area contributed by atoms with Crippen molar-refractivity contribution in [2.75, 3.05) is 5.32 Å². The number of carbonyl (C=O) groups excluding carboxylic acids is 1. The van der Waals surface area contributed by atoms with Gasteiger partial charge in [0.15, 0.2) is 5.13 Å². The van der Waals surface area contributed by atoms with Crippen LogP contribution < -0.4 is 10.9 Å². The summed E-state index contributed by atoms with van der Waals surface area (Å²) in [5, 5.41) is 3.23. The molecule has 3 rings (SSSR count). The molecular formula is C14H12N4O2S. The summed E-state index contributed by atoms with van der Waals surface area (Å²) in [6, 6.07) is 7.23. The summed E-state index contributed by atoms with van der Waals surface area (Å²) in [6.45, 7) is 1.92. The van der Waals surface area contributed by atoms with Crippen LogP contribution in [-0.4, -0.2) is 20.4 Å². The molecule has 0 bridgehead atoms. The molecular weight excluding hydrogens is 288 g/mol. The Kier molecular flexibility index (Phi) is 3.49. The molecule has 0 aliphatic rings. The lowest BCUT2D eigenvalue weighted by molar-refractivity contribution is -0.116. The number of amides is 1. The van der Waals surface area contributed by atoms with Gasteiger partial charge in [-0.25, -0.2) is 9.97 Å². The molecule has 0 radical (unpaired) electrons. The smallest absolute Gasteiger partial charge is 0.253 e. The summed E-state index contributed by atoms with van der Waals surface area (Å²) in [7, 11) is 0. The molecule has 1 amide bonds. The van der Waals surface area contributed by atoms with Crippen LogP contribution in [0.15, 0.2) is 41.6 Å². The van der Waals surface area contributed by atoms with Crippen molar-refractivity contribution in [3.63, 3.8) is 0 Å². The standard InChI is InChI=1S/C14H12N4O2S/c1-9-2-3-10-11(6-9)21-14(16-10)17-12(19)7-18-8-15-5-4-13(18)20/h2-6,8H,7H2,1H3,(H,16,17,19). The average Bonchev–Trinajstić information content (AvgIpc) is 2.82. The predicted molar refractivity (Wildman–Crippen MR) is 81.5 cm³/mol. The van der Waals surface area contributed by atoms with Gasteiger partial charge >= 0.3 is 0 Å².